The second-order valence-corrected chi connectivity index (χ2v) is 8.62. The van der Waals surface area contributed by atoms with Crippen LogP contribution in [0.1, 0.15) is 44.0 Å². The molecular formula is C26H27N5O3. The molecule has 0 fully saturated rings. The van der Waals surface area contributed by atoms with Crippen LogP contribution in [0.4, 0.5) is 0 Å². The van der Waals surface area contributed by atoms with E-state index in [1.807, 2.05) is 58.0 Å². The zero-order valence-electron chi connectivity index (χ0n) is 20.2. The summed E-state index contributed by atoms with van der Waals surface area (Å²) < 4.78 is 19.5. The fraction of sp³-hybridized carbons (Fsp3) is 0.308. The molecule has 1 atom stereocenters. The summed E-state index contributed by atoms with van der Waals surface area (Å²) >= 11 is 0. The molecule has 4 heterocycles. The summed E-state index contributed by atoms with van der Waals surface area (Å²) in [7, 11) is 1.66. The van der Waals surface area contributed by atoms with E-state index in [1.54, 1.807) is 19.5 Å². The van der Waals surface area contributed by atoms with Crippen LogP contribution in [0.2, 0.25) is 0 Å². The zero-order chi connectivity index (χ0) is 24.0. The lowest BCUT2D eigenvalue weighted by atomic mass is 10.0. The fourth-order valence-electron chi connectivity index (χ4n) is 4.42. The Morgan fingerprint density at radius 3 is 2.50 bits per heavy atom. The molecular weight excluding hydrogens is 430 g/mol. The monoisotopic (exact) mass is 457 g/mol. The number of methoxy groups -OCH3 is 1. The maximum absolute atomic E-state index is 6.14. The third-order valence-corrected chi connectivity index (χ3v) is 5.95. The summed E-state index contributed by atoms with van der Waals surface area (Å²) in [5, 5.41) is 5.03. The molecule has 0 aliphatic carbocycles. The minimum absolute atomic E-state index is 0.0357. The van der Waals surface area contributed by atoms with Gasteiger partial charge in [0.2, 0.25) is 0 Å². The molecule has 174 valence electrons. The molecule has 34 heavy (non-hydrogen) atoms. The normalized spacial score (nSPS) is 12.6. The average molecular weight is 458 g/mol. The Morgan fingerprint density at radius 2 is 1.85 bits per heavy atom. The van der Waals surface area contributed by atoms with Gasteiger partial charge in [0.15, 0.2) is 0 Å². The van der Waals surface area contributed by atoms with E-state index in [9.17, 15) is 0 Å². The standard InChI is InChI=1S/C26H27N5O3/c1-14(2)33-26-29-22-13-28-21-11-19(24-15(3)30-34-17(24)5)23(32-6)12-18(21)25(22)31(26)16(4)20-9-7-8-10-27-20/h7-14,16H,1-6H3/t16-/m1/s1. The van der Waals surface area contributed by atoms with Crippen LogP contribution in [0.25, 0.3) is 33.1 Å². The van der Waals surface area contributed by atoms with Crippen LogP contribution < -0.4 is 9.47 Å². The second-order valence-electron chi connectivity index (χ2n) is 8.62. The third kappa shape index (κ3) is 3.55. The molecule has 0 spiro atoms. The number of fused-ring (bicyclic) bond motifs is 3. The third-order valence-electron chi connectivity index (χ3n) is 5.95. The summed E-state index contributed by atoms with van der Waals surface area (Å²) in [5.74, 6) is 1.44. The summed E-state index contributed by atoms with van der Waals surface area (Å²) in [6, 6.07) is 10.4. The predicted molar refractivity (Wildman–Crippen MR) is 130 cm³/mol. The van der Waals surface area contributed by atoms with Gasteiger partial charge >= 0.3 is 0 Å². The van der Waals surface area contributed by atoms with E-state index in [-0.39, 0.29) is 12.1 Å². The number of nitrogens with zero attached hydrogens (tertiary/aromatic N) is 5. The van der Waals surface area contributed by atoms with Crippen molar-refractivity contribution >= 4 is 21.9 Å². The number of rotatable bonds is 6. The van der Waals surface area contributed by atoms with E-state index in [4.69, 9.17) is 24.0 Å². The van der Waals surface area contributed by atoms with Crippen molar-refractivity contribution < 1.29 is 14.0 Å². The van der Waals surface area contributed by atoms with Crippen molar-refractivity contribution in [3.63, 3.8) is 0 Å². The van der Waals surface area contributed by atoms with Crippen LogP contribution in [0.15, 0.2) is 47.2 Å². The summed E-state index contributed by atoms with van der Waals surface area (Å²) in [4.78, 5) is 14.1. The Labute approximate surface area is 197 Å². The Morgan fingerprint density at radius 1 is 1.03 bits per heavy atom. The minimum Gasteiger partial charge on any atom is -0.496 e. The molecule has 0 unspecified atom stereocenters. The van der Waals surface area contributed by atoms with Crippen LogP contribution >= 0.6 is 0 Å². The van der Waals surface area contributed by atoms with Crippen LogP contribution in [0.5, 0.6) is 11.8 Å². The Bertz CT molecular complexity index is 1470. The van der Waals surface area contributed by atoms with Crippen LogP contribution in [0, 0.1) is 13.8 Å². The minimum atomic E-state index is -0.112. The van der Waals surface area contributed by atoms with E-state index in [0.29, 0.717) is 11.8 Å². The molecule has 8 heteroatoms. The molecule has 0 radical (unpaired) electrons. The van der Waals surface area contributed by atoms with Gasteiger partial charge in [-0.3, -0.25) is 14.5 Å². The molecule has 0 saturated heterocycles. The molecule has 5 aromatic rings. The highest BCUT2D eigenvalue weighted by Crippen LogP contribution is 2.40. The number of aromatic nitrogens is 5. The van der Waals surface area contributed by atoms with Gasteiger partial charge in [-0.25, -0.2) is 0 Å². The first-order valence-electron chi connectivity index (χ1n) is 11.3. The van der Waals surface area contributed by atoms with Crippen LogP contribution in [-0.4, -0.2) is 37.9 Å². The molecule has 0 bridgehead atoms. The predicted octanol–water partition coefficient (Wildman–Crippen LogP) is 5.66. The number of hydrogen-bond acceptors (Lipinski definition) is 7. The van der Waals surface area contributed by atoms with E-state index < -0.39 is 0 Å². The Kier molecular flexibility index (Phi) is 5.43. The van der Waals surface area contributed by atoms with Gasteiger partial charge in [0.25, 0.3) is 6.01 Å². The lowest BCUT2D eigenvalue weighted by molar-refractivity contribution is 0.211. The molecule has 0 amide bonds. The van der Waals surface area contributed by atoms with Crippen molar-refractivity contribution in [3.8, 4) is 22.9 Å². The number of imidazole rings is 1. The summed E-state index contributed by atoms with van der Waals surface area (Å²) in [5.41, 5.74) is 6.01. The lowest BCUT2D eigenvalue weighted by Crippen LogP contribution is -2.15. The molecule has 0 aliphatic rings. The maximum Gasteiger partial charge on any atom is 0.298 e. The van der Waals surface area contributed by atoms with Crippen LogP contribution in [0.3, 0.4) is 0 Å². The van der Waals surface area contributed by atoms with Crippen LogP contribution in [-0.2, 0) is 0 Å². The first-order valence-corrected chi connectivity index (χ1v) is 11.3. The largest absolute Gasteiger partial charge is 0.496 e. The van der Waals surface area contributed by atoms with E-state index in [0.717, 1.165) is 50.2 Å². The van der Waals surface area contributed by atoms with Gasteiger partial charge in [0.05, 0.1) is 53.4 Å². The number of pyridine rings is 2. The van der Waals surface area contributed by atoms with Gasteiger partial charge in [-0.2, -0.15) is 4.98 Å². The smallest absolute Gasteiger partial charge is 0.298 e. The highest BCUT2D eigenvalue weighted by molar-refractivity contribution is 6.05. The quantitative estimate of drug-likeness (QED) is 0.325. The van der Waals surface area contributed by atoms with E-state index in [2.05, 4.69) is 21.6 Å². The van der Waals surface area contributed by atoms with E-state index >= 15 is 0 Å². The molecule has 0 aliphatic heterocycles. The van der Waals surface area contributed by atoms with Gasteiger partial charge in [-0.15, -0.1) is 0 Å². The highest BCUT2D eigenvalue weighted by atomic mass is 16.5. The maximum atomic E-state index is 6.14. The van der Waals surface area contributed by atoms with Crippen molar-refractivity contribution in [2.75, 3.05) is 7.11 Å². The Hall–Kier alpha value is -3.94. The lowest BCUT2D eigenvalue weighted by Gasteiger charge is -2.19. The highest BCUT2D eigenvalue weighted by Gasteiger charge is 2.24. The SMILES string of the molecule is COc1cc2c(cc1-c1c(C)noc1C)ncc1nc(OC(C)C)n([C@H](C)c3ccccn3)c12. The number of hydrogen-bond donors (Lipinski definition) is 0. The van der Waals surface area contributed by atoms with Crippen molar-refractivity contribution in [1.82, 2.24) is 24.7 Å². The molecule has 0 N–H and O–H groups in total. The molecule has 1 aromatic carbocycles. The Balaban J connectivity index is 1.82. The van der Waals surface area contributed by atoms with Gasteiger partial charge in [-0.1, -0.05) is 11.2 Å². The summed E-state index contributed by atoms with van der Waals surface area (Å²) in [6.07, 6.45) is 3.55. The molecule has 5 rings (SSSR count). The molecule has 4 aromatic heterocycles. The first-order chi connectivity index (χ1) is 16.4. The van der Waals surface area contributed by atoms with Gasteiger partial charge in [-0.05, 0) is 58.9 Å². The second kappa shape index (κ2) is 8.44. The van der Waals surface area contributed by atoms with E-state index in [1.165, 1.54) is 0 Å². The van der Waals surface area contributed by atoms with Crippen molar-refractivity contribution in [3.05, 3.63) is 59.9 Å². The van der Waals surface area contributed by atoms with Gasteiger partial charge in [0.1, 0.15) is 17.0 Å². The van der Waals surface area contributed by atoms with Gasteiger partial charge < -0.3 is 14.0 Å². The number of benzene rings is 1. The zero-order valence-corrected chi connectivity index (χ0v) is 20.2. The number of aryl methyl sites for hydroxylation is 2. The number of ether oxygens (including phenoxy) is 2. The first kappa shape index (κ1) is 21.9. The van der Waals surface area contributed by atoms with Crippen molar-refractivity contribution in [2.24, 2.45) is 0 Å². The molecule has 8 nitrogen and oxygen atoms in total. The molecule has 0 saturated carbocycles. The average Bonchev–Trinajstić information content (AvgIpc) is 3.36. The van der Waals surface area contributed by atoms with Crippen molar-refractivity contribution in [1.29, 1.82) is 0 Å². The van der Waals surface area contributed by atoms with Gasteiger partial charge in [0, 0.05) is 17.1 Å². The van der Waals surface area contributed by atoms with Crippen molar-refractivity contribution in [2.45, 2.75) is 46.8 Å². The summed E-state index contributed by atoms with van der Waals surface area (Å²) in [6.45, 7) is 9.90. The fourth-order valence-corrected chi connectivity index (χ4v) is 4.42. The topological polar surface area (TPSA) is 88.1 Å².